The van der Waals surface area contributed by atoms with Crippen LogP contribution in [0.3, 0.4) is 0 Å². The number of hydrogen-bond donors (Lipinski definition) is 3. The summed E-state index contributed by atoms with van der Waals surface area (Å²) in [5, 5.41) is 22.0. The van der Waals surface area contributed by atoms with E-state index in [0.717, 1.165) is 5.56 Å². The molecule has 3 rings (SSSR count). The van der Waals surface area contributed by atoms with Crippen LogP contribution in [0.15, 0.2) is 18.2 Å². The average molecular weight is 415 g/mol. The molecule has 3 N–H and O–H groups in total. The molecule has 148 valence electrons. The number of carbonyl (C=O) groups excluding carboxylic acids is 1. The van der Waals surface area contributed by atoms with Crippen molar-refractivity contribution >= 4 is 35.2 Å². The maximum Gasteiger partial charge on any atom is 0.404 e. The number of benzene rings is 1. The molecule has 1 aliphatic carbocycles. The largest absolute Gasteiger partial charge is 0.465 e. The van der Waals surface area contributed by atoms with Crippen LogP contribution in [-0.4, -0.2) is 52.9 Å². The van der Waals surface area contributed by atoms with Crippen LogP contribution >= 0.6 is 23.2 Å². The molecule has 0 radical (unpaired) electrons. The van der Waals surface area contributed by atoms with Gasteiger partial charge in [-0.2, -0.15) is 0 Å². The van der Waals surface area contributed by atoms with E-state index in [4.69, 9.17) is 28.3 Å². The lowest BCUT2D eigenvalue weighted by Gasteiger charge is -2.28. The lowest BCUT2D eigenvalue weighted by Crippen LogP contribution is -2.37. The number of nitrogens with one attached hydrogen (secondary N) is 1. The van der Waals surface area contributed by atoms with Crippen molar-refractivity contribution in [1.29, 1.82) is 0 Å². The number of aliphatic hydroxyl groups is 1. The van der Waals surface area contributed by atoms with Crippen molar-refractivity contribution in [2.45, 2.75) is 37.7 Å². The number of carboxylic acid groups (broad SMARTS) is 1. The molecule has 27 heavy (non-hydrogen) atoms. The molecule has 2 aliphatic rings. The predicted octanol–water partition coefficient (Wildman–Crippen LogP) is 3.35. The standard InChI is InChI=1S/C19H24Cl2N2O4/c20-16-6-3-12(7-17(16)21)15-10-23(9-13(15)8-22-19(26)27)18(25)11-1-4-14(24)5-2-11/h3,6-7,11,13-15,22,24H,1-2,4-5,8-10H2,(H,26,27)/t11-,13-,14+,15-/m0/s1. The first-order valence-corrected chi connectivity index (χ1v) is 9.99. The van der Waals surface area contributed by atoms with E-state index in [2.05, 4.69) is 5.32 Å². The van der Waals surface area contributed by atoms with Gasteiger partial charge in [0.05, 0.1) is 16.1 Å². The number of amides is 2. The average Bonchev–Trinajstić information content (AvgIpc) is 3.06. The minimum absolute atomic E-state index is 0.00949. The lowest BCUT2D eigenvalue weighted by molar-refractivity contribution is -0.136. The number of nitrogens with zero attached hydrogens (tertiary/aromatic N) is 1. The number of halogens is 2. The Kier molecular flexibility index (Phi) is 6.50. The van der Waals surface area contributed by atoms with Crippen LogP contribution in [0, 0.1) is 11.8 Å². The summed E-state index contributed by atoms with van der Waals surface area (Å²) in [6, 6.07) is 5.42. The monoisotopic (exact) mass is 414 g/mol. The third kappa shape index (κ3) is 4.86. The van der Waals surface area contributed by atoms with E-state index in [9.17, 15) is 14.7 Å². The van der Waals surface area contributed by atoms with Gasteiger partial charge in [0.25, 0.3) is 0 Å². The molecule has 2 fully saturated rings. The molecule has 1 saturated heterocycles. The Morgan fingerprint density at radius 3 is 2.44 bits per heavy atom. The molecular weight excluding hydrogens is 391 g/mol. The lowest BCUT2D eigenvalue weighted by atomic mass is 9.86. The van der Waals surface area contributed by atoms with Crippen LogP contribution in [0.1, 0.15) is 37.2 Å². The molecular formula is C19H24Cl2N2O4. The molecule has 0 unspecified atom stereocenters. The molecule has 2 atom stereocenters. The van der Waals surface area contributed by atoms with Gasteiger partial charge in [-0.1, -0.05) is 29.3 Å². The van der Waals surface area contributed by atoms with Crippen molar-refractivity contribution in [3.8, 4) is 0 Å². The smallest absolute Gasteiger partial charge is 0.404 e. The van der Waals surface area contributed by atoms with Crippen molar-refractivity contribution < 1.29 is 19.8 Å². The fourth-order valence-corrected chi connectivity index (χ4v) is 4.48. The normalized spacial score (nSPS) is 28.2. The first kappa shape index (κ1) is 20.2. The van der Waals surface area contributed by atoms with E-state index in [1.807, 2.05) is 11.0 Å². The summed E-state index contributed by atoms with van der Waals surface area (Å²) in [7, 11) is 0. The molecule has 1 saturated carbocycles. The first-order chi connectivity index (χ1) is 12.8. The van der Waals surface area contributed by atoms with E-state index < -0.39 is 6.09 Å². The van der Waals surface area contributed by atoms with Crippen molar-refractivity contribution in [2.75, 3.05) is 19.6 Å². The molecule has 0 aromatic heterocycles. The van der Waals surface area contributed by atoms with E-state index in [0.29, 0.717) is 48.8 Å². The molecule has 8 heteroatoms. The van der Waals surface area contributed by atoms with Gasteiger partial charge in [0, 0.05) is 37.4 Å². The summed E-state index contributed by atoms with van der Waals surface area (Å²) in [6.45, 7) is 1.30. The van der Waals surface area contributed by atoms with Crippen molar-refractivity contribution in [3.05, 3.63) is 33.8 Å². The van der Waals surface area contributed by atoms with Gasteiger partial charge < -0.3 is 20.4 Å². The van der Waals surface area contributed by atoms with E-state index in [-0.39, 0.29) is 36.3 Å². The summed E-state index contributed by atoms with van der Waals surface area (Å²) in [4.78, 5) is 25.7. The second kappa shape index (κ2) is 8.67. The van der Waals surface area contributed by atoms with Crippen LogP contribution in [0.2, 0.25) is 10.0 Å². The molecule has 1 aromatic rings. The second-order valence-electron chi connectivity index (χ2n) is 7.47. The highest BCUT2D eigenvalue weighted by Gasteiger charge is 2.39. The zero-order valence-electron chi connectivity index (χ0n) is 14.9. The highest BCUT2D eigenvalue weighted by atomic mass is 35.5. The molecule has 1 aromatic carbocycles. The Morgan fingerprint density at radius 1 is 1.11 bits per heavy atom. The Bertz CT molecular complexity index is 707. The maximum atomic E-state index is 12.9. The Balaban J connectivity index is 1.75. The van der Waals surface area contributed by atoms with Crippen LogP contribution in [0.25, 0.3) is 0 Å². The van der Waals surface area contributed by atoms with Gasteiger partial charge in [0.1, 0.15) is 0 Å². The number of likely N-dealkylation sites (tertiary alicyclic amines) is 1. The first-order valence-electron chi connectivity index (χ1n) is 9.23. The van der Waals surface area contributed by atoms with Gasteiger partial charge in [-0.25, -0.2) is 4.79 Å². The van der Waals surface area contributed by atoms with E-state index >= 15 is 0 Å². The Labute approximate surface area is 168 Å². The van der Waals surface area contributed by atoms with Gasteiger partial charge in [-0.3, -0.25) is 4.79 Å². The topological polar surface area (TPSA) is 89.9 Å². The molecule has 1 aliphatic heterocycles. The number of aliphatic hydroxyl groups excluding tert-OH is 1. The maximum absolute atomic E-state index is 12.9. The summed E-state index contributed by atoms with van der Waals surface area (Å²) >= 11 is 12.2. The number of carbonyl (C=O) groups is 2. The zero-order chi connectivity index (χ0) is 19.6. The number of hydrogen-bond acceptors (Lipinski definition) is 3. The van der Waals surface area contributed by atoms with Crippen molar-refractivity contribution in [2.24, 2.45) is 11.8 Å². The molecule has 1 heterocycles. The quantitative estimate of drug-likeness (QED) is 0.704. The van der Waals surface area contributed by atoms with Gasteiger partial charge in [-0.05, 0) is 43.4 Å². The van der Waals surface area contributed by atoms with Crippen molar-refractivity contribution in [3.63, 3.8) is 0 Å². The third-order valence-electron chi connectivity index (χ3n) is 5.69. The van der Waals surface area contributed by atoms with Crippen LogP contribution in [0.4, 0.5) is 4.79 Å². The molecule has 0 spiro atoms. The summed E-state index contributed by atoms with van der Waals surface area (Å²) in [5.74, 6) is 0.0000414. The number of rotatable bonds is 4. The fourth-order valence-electron chi connectivity index (χ4n) is 4.18. The van der Waals surface area contributed by atoms with Gasteiger partial charge in [0.2, 0.25) is 5.91 Å². The van der Waals surface area contributed by atoms with E-state index in [1.54, 1.807) is 12.1 Å². The Hall–Kier alpha value is -1.50. The predicted molar refractivity (Wildman–Crippen MR) is 103 cm³/mol. The van der Waals surface area contributed by atoms with Crippen LogP contribution in [0.5, 0.6) is 0 Å². The van der Waals surface area contributed by atoms with E-state index in [1.165, 1.54) is 0 Å². The zero-order valence-corrected chi connectivity index (χ0v) is 16.4. The molecule has 6 nitrogen and oxygen atoms in total. The van der Waals surface area contributed by atoms with Gasteiger partial charge in [0.15, 0.2) is 0 Å². The van der Waals surface area contributed by atoms with Crippen molar-refractivity contribution in [1.82, 2.24) is 10.2 Å². The summed E-state index contributed by atoms with van der Waals surface area (Å²) < 4.78 is 0. The highest BCUT2D eigenvalue weighted by molar-refractivity contribution is 6.42. The molecule has 2 amide bonds. The third-order valence-corrected chi connectivity index (χ3v) is 6.42. The SMILES string of the molecule is O=C(O)NC[C@H]1CN(C(=O)[C@H]2CC[C@@H](O)CC2)C[C@H]1c1ccc(Cl)c(Cl)c1. The second-order valence-corrected chi connectivity index (χ2v) is 8.29. The minimum Gasteiger partial charge on any atom is -0.465 e. The minimum atomic E-state index is -1.08. The summed E-state index contributed by atoms with van der Waals surface area (Å²) in [6.07, 6.45) is 1.34. The fraction of sp³-hybridized carbons (Fsp3) is 0.579. The Morgan fingerprint density at radius 2 is 1.81 bits per heavy atom. The van der Waals surface area contributed by atoms with Gasteiger partial charge >= 0.3 is 6.09 Å². The van der Waals surface area contributed by atoms with Crippen LogP contribution in [-0.2, 0) is 4.79 Å². The molecule has 0 bridgehead atoms. The van der Waals surface area contributed by atoms with Crippen LogP contribution < -0.4 is 5.32 Å². The van der Waals surface area contributed by atoms with Gasteiger partial charge in [-0.15, -0.1) is 0 Å². The highest BCUT2D eigenvalue weighted by Crippen LogP contribution is 2.37. The summed E-state index contributed by atoms with van der Waals surface area (Å²) in [5.41, 5.74) is 0.955.